The maximum atomic E-state index is 8.89. The van der Waals surface area contributed by atoms with Gasteiger partial charge in [0.1, 0.15) is 5.75 Å². The van der Waals surface area contributed by atoms with Crippen molar-refractivity contribution in [2.45, 2.75) is 0 Å². The minimum Gasteiger partial charge on any atom is -0.495 e. The molecule has 0 aliphatic carbocycles. The first kappa shape index (κ1) is 13.8. The molecule has 0 atom stereocenters. The fourth-order valence-electron chi connectivity index (χ4n) is 2.34. The molecule has 0 N–H and O–H groups in total. The summed E-state index contributed by atoms with van der Waals surface area (Å²) in [4.78, 5) is 4.56. The van der Waals surface area contributed by atoms with E-state index in [1.807, 2.05) is 48.7 Å². The summed E-state index contributed by atoms with van der Waals surface area (Å²) < 4.78 is 6.48. The molecule has 4 heteroatoms. The highest BCUT2D eigenvalue weighted by Gasteiger charge is 2.11. The molecule has 102 valence electrons. The number of methoxy groups -OCH3 is 1. The number of hydrogen-bond acceptors (Lipinski definition) is 3. The van der Waals surface area contributed by atoms with Gasteiger partial charge in [-0.1, -0.05) is 24.3 Å². The first-order chi connectivity index (χ1) is 10.2. The number of nitriles is 1. The molecule has 0 aliphatic heterocycles. The van der Waals surface area contributed by atoms with Crippen molar-refractivity contribution in [3.8, 4) is 22.9 Å². The summed E-state index contributed by atoms with van der Waals surface area (Å²) in [5.41, 5.74) is 3.63. The third kappa shape index (κ3) is 2.45. The van der Waals surface area contributed by atoms with Gasteiger partial charge in [-0.05, 0) is 46.4 Å². The van der Waals surface area contributed by atoms with Crippen molar-refractivity contribution >= 4 is 33.5 Å². The van der Waals surface area contributed by atoms with Gasteiger partial charge < -0.3 is 4.74 Å². The molecule has 1 heterocycles. The zero-order valence-corrected chi connectivity index (χ0v) is 13.5. The number of benzene rings is 2. The summed E-state index contributed by atoms with van der Waals surface area (Å²) in [5, 5.41) is 9.88. The summed E-state index contributed by atoms with van der Waals surface area (Å²) in [7, 11) is 1.67. The number of nitrogens with zero attached hydrogens (tertiary/aromatic N) is 2. The lowest BCUT2D eigenvalue weighted by atomic mass is 10.0. The molecular formula is C17H11IN2O. The minimum atomic E-state index is 0.652. The highest BCUT2D eigenvalue weighted by Crippen LogP contribution is 2.34. The molecule has 2 aromatic carbocycles. The molecule has 0 saturated heterocycles. The molecule has 3 rings (SSSR count). The second kappa shape index (κ2) is 5.70. The smallest absolute Gasteiger partial charge is 0.143 e. The van der Waals surface area contributed by atoms with Crippen LogP contribution in [0.1, 0.15) is 5.56 Å². The molecule has 0 saturated carbocycles. The van der Waals surface area contributed by atoms with Crippen LogP contribution in [0.5, 0.6) is 5.75 Å². The lowest BCUT2D eigenvalue weighted by molar-refractivity contribution is 0.416. The number of pyridine rings is 1. The maximum absolute atomic E-state index is 8.89. The highest BCUT2D eigenvalue weighted by atomic mass is 127. The Hall–Kier alpha value is -2.13. The van der Waals surface area contributed by atoms with Crippen LogP contribution >= 0.6 is 22.6 Å². The molecule has 0 amide bonds. The number of para-hydroxylation sites is 1. The number of aromatic nitrogens is 1. The maximum Gasteiger partial charge on any atom is 0.143 e. The summed E-state index contributed by atoms with van der Waals surface area (Å²) in [5.74, 6) is 0.844. The Balaban J connectivity index is 2.26. The van der Waals surface area contributed by atoms with Gasteiger partial charge in [0.2, 0.25) is 0 Å². The van der Waals surface area contributed by atoms with Crippen molar-refractivity contribution in [1.29, 1.82) is 5.26 Å². The van der Waals surface area contributed by atoms with Crippen LogP contribution in [0.2, 0.25) is 0 Å². The molecule has 21 heavy (non-hydrogen) atoms. The van der Waals surface area contributed by atoms with Crippen molar-refractivity contribution in [3.05, 3.63) is 57.8 Å². The predicted molar refractivity (Wildman–Crippen MR) is 91.2 cm³/mol. The molecule has 0 aliphatic rings. The van der Waals surface area contributed by atoms with Gasteiger partial charge in [0.05, 0.1) is 27.8 Å². The zero-order valence-electron chi connectivity index (χ0n) is 11.3. The number of hydrogen-bond donors (Lipinski definition) is 0. The lowest BCUT2D eigenvalue weighted by Gasteiger charge is -2.10. The largest absolute Gasteiger partial charge is 0.495 e. The van der Waals surface area contributed by atoms with Gasteiger partial charge in [-0.25, -0.2) is 0 Å². The van der Waals surface area contributed by atoms with Crippen LogP contribution in [0.3, 0.4) is 0 Å². The van der Waals surface area contributed by atoms with Crippen LogP contribution in [0.15, 0.2) is 48.7 Å². The van der Waals surface area contributed by atoms with Gasteiger partial charge in [0.25, 0.3) is 0 Å². The van der Waals surface area contributed by atoms with Crippen LogP contribution < -0.4 is 4.74 Å². The van der Waals surface area contributed by atoms with Gasteiger partial charge in [-0.15, -0.1) is 0 Å². The molecule has 0 radical (unpaired) electrons. The average Bonchev–Trinajstić information content (AvgIpc) is 2.54. The second-order valence-corrected chi connectivity index (χ2v) is 5.69. The van der Waals surface area contributed by atoms with E-state index in [4.69, 9.17) is 10.00 Å². The van der Waals surface area contributed by atoms with Crippen molar-refractivity contribution < 1.29 is 4.74 Å². The molecular weight excluding hydrogens is 375 g/mol. The molecule has 1 aromatic heterocycles. The number of fused-ring (bicyclic) bond motifs is 1. The van der Waals surface area contributed by atoms with Crippen molar-refractivity contribution in [1.82, 2.24) is 4.98 Å². The first-order valence-corrected chi connectivity index (χ1v) is 7.44. The SMILES string of the molecule is COc1c(I)cnc2c(-c3ccc(C#N)cc3)cccc12. The molecule has 0 spiro atoms. The van der Waals surface area contributed by atoms with Crippen LogP contribution in [-0.4, -0.2) is 12.1 Å². The average molecular weight is 386 g/mol. The summed E-state index contributed by atoms with van der Waals surface area (Å²) >= 11 is 2.22. The first-order valence-electron chi connectivity index (χ1n) is 6.36. The minimum absolute atomic E-state index is 0.652. The number of rotatable bonds is 2. The van der Waals surface area contributed by atoms with E-state index in [0.717, 1.165) is 31.3 Å². The van der Waals surface area contributed by atoms with Gasteiger partial charge in [0.15, 0.2) is 0 Å². The topological polar surface area (TPSA) is 45.9 Å². The molecule has 0 fully saturated rings. The Morgan fingerprint density at radius 3 is 2.57 bits per heavy atom. The van der Waals surface area contributed by atoms with Crippen molar-refractivity contribution in [2.75, 3.05) is 7.11 Å². The van der Waals surface area contributed by atoms with Gasteiger partial charge in [0, 0.05) is 17.1 Å². The predicted octanol–water partition coefficient (Wildman–Crippen LogP) is 4.39. The quantitative estimate of drug-likeness (QED) is 0.614. The van der Waals surface area contributed by atoms with Crippen LogP contribution in [0.25, 0.3) is 22.0 Å². The fourth-order valence-corrected chi connectivity index (χ4v) is 2.99. The van der Waals surface area contributed by atoms with E-state index in [2.05, 4.69) is 33.6 Å². The van der Waals surface area contributed by atoms with Gasteiger partial charge >= 0.3 is 0 Å². The van der Waals surface area contributed by atoms with E-state index in [9.17, 15) is 0 Å². The summed E-state index contributed by atoms with van der Waals surface area (Å²) in [6, 6.07) is 15.7. The van der Waals surface area contributed by atoms with E-state index in [0.29, 0.717) is 5.56 Å². The fraction of sp³-hybridized carbons (Fsp3) is 0.0588. The van der Waals surface area contributed by atoms with Crippen molar-refractivity contribution in [3.63, 3.8) is 0 Å². The number of ether oxygens (including phenoxy) is 1. The Morgan fingerprint density at radius 2 is 1.90 bits per heavy atom. The molecule has 3 nitrogen and oxygen atoms in total. The Labute approximate surface area is 136 Å². The van der Waals surface area contributed by atoms with E-state index in [1.54, 1.807) is 7.11 Å². The van der Waals surface area contributed by atoms with Gasteiger partial charge in [-0.2, -0.15) is 5.26 Å². The standard InChI is InChI=1S/C17H11IN2O/c1-21-17-14-4-2-3-13(16(14)20-10-15(17)18)12-7-5-11(9-19)6-8-12/h2-8,10H,1H3. The Morgan fingerprint density at radius 1 is 1.14 bits per heavy atom. The number of halogens is 1. The Bertz CT molecular complexity index is 851. The third-order valence-electron chi connectivity index (χ3n) is 3.33. The summed E-state index contributed by atoms with van der Waals surface area (Å²) in [6.45, 7) is 0. The van der Waals surface area contributed by atoms with E-state index in [-0.39, 0.29) is 0 Å². The van der Waals surface area contributed by atoms with E-state index in [1.165, 1.54) is 0 Å². The van der Waals surface area contributed by atoms with Crippen LogP contribution in [0.4, 0.5) is 0 Å². The van der Waals surface area contributed by atoms with Crippen molar-refractivity contribution in [2.24, 2.45) is 0 Å². The highest BCUT2D eigenvalue weighted by molar-refractivity contribution is 14.1. The molecule has 0 unspecified atom stereocenters. The lowest BCUT2D eigenvalue weighted by Crippen LogP contribution is -1.93. The van der Waals surface area contributed by atoms with Gasteiger partial charge in [-0.3, -0.25) is 4.98 Å². The van der Waals surface area contributed by atoms with E-state index < -0.39 is 0 Å². The van der Waals surface area contributed by atoms with Crippen LogP contribution in [0, 0.1) is 14.9 Å². The van der Waals surface area contributed by atoms with E-state index >= 15 is 0 Å². The molecule has 0 bridgehead atoms. The molecule has 3 aromatic rings. The zero-order chi connectivity index (χ0) is 14.8. The van der Waals surface area contributed by atoms with Crippen LogP contribution in [-0.2, 0) is 0 Å². The third-order valence-corrected chi connectivity index (χ3v) is 4.10. The Kier molecular flexibility index (Phi) is 3.76. The second-order valence-electron chi connectivity index (χ2n) is 4.53. The summed E-state index contributed by atoms with van der Waals surface area (Å²) in [6.07, 6.45) is 1.81. The monoisotopic (exact) mass is 386 g/mol. The normalized spacial score (nSPS) is 10.3.